The van der Waals surface area contributed by atoms with Gasteiger partial charge in [-0.1, -0.05) is 17.3 Å². The number of benzene rings is 1. The molecule has 0 unspecified atom stereocenters. The second-order valence-corrected chi connectivity index (χ2v) is 3.55. The van der Waals surface area contributed by atoms with Gasteiger partial charge in [-0.05, 0) is 37.5 Å². The van der Waals surface area contributed by atoms with Crippen LogP contribution in [0.1, 0.15) is 16.7 Å². The lowest BCUT2D eigenvalue weighted by Gasteiger charge is -2.06. The molecule has 0 N–H and O–H groups in total. The predicted octanol–water partition coefficient (Wildman–Crippen LogP) is 0.870. The molecule has 53 valence electrons. The van der Waals surface area contributed by atoms with Crippen molar-refractivity contribution in [1.29, 1.82) is 0 Å². The summed E-state index contributed by atoms with van der Waals surface area (Å²) < 4.78 is 0. The molecular formula is C9H13Si. The van der Waals surface area contributed by atoms with Crippen molar-refractivity contribution in [3.05, 3.63) is 28.8 Å². The lowest BCUT2D eigenvalue weighted by molar-refractivity contribution is 1.28. The molecule has 0 atom stereocenters. The van der Waals surface area contributed by atoms with Crippen molar-refractivity contribution < 1.29 is 0 Å². The molecule has 0 fully saturated rings. The first kappa shape index (κ1) is 7.54. The zero-order valence-corrected chi connectivity index (χ0v) is 8.28. The summed E-state index contributed by atoms with van der Waals surface area (Å²) in [5.41, 5.74) is 4.28. The first-order chi connectivity index (χ1) is 4.63. The molecule has 0 bridgehead atoms. The minimum absolute atomic E-state index is 1.40. The quantitative estimate of drug-likeness (QED) is 0.480. The Bertz CT molecular complexity index is 224. The summed E-state index contributed by atoms with van der Waals surface area (Å²) in [6.45, 7) is 6.53. The van der Waals surface area contributed by atoms with Crippen LogP contribution in [0.2, 0.25) is 0 Å². The number of rotatable bonds is 0. The van der Waals surface area contributed by atoms with Crippen molar-refractivity contribution in [3.8, 4) is 0 Å². The van der Waals surface area contributed by atoms with Crippen LogP contribution in [0.25, 0.3) is 0 Å². The Kier molecular flexibility index (Phi) is 1.95. The fourth-order valence-corrected chi connectivity index (χ4v) is 1.40. The number of aryl methyl sites for hydroxylation is 1. The molecule has 0 saturated carbocycles. The van der Waals surface area contributed by atoms with Crippen LogP contribution in [0.3, 0.4) is 0 Å². The largest absolute Gasteiger partial charge is 0.0666 e. The highest BCUT2D eigenvalue weighted by Gasteiger charge is 1.97. The van der Waals surface area contributed by atoms with E-state index in [1.54, 1.807) is 0 Å². The highest BCUT2D eigenvalue weighted by Crippen LogP contribution is 2.07. The van der Waals surface area contributed by atoms with Gasteiger partial charge in [0.25, 0.3) is 0 Å². The van der Waals surface area contributed by atoms with Gasteiger partial charge in [0.05, 0.1) is 0 Å². The van der Waals surface area contributed by atoms with E-state index in [0.717, 1.165) is 0 Å². The minimum Gasteiger partial charge on any atom is -0.0666 e. The Hall–Kier alpha value is -0.563. The monoisotopic (exact) mass is 149 g/mol. The molecule has 0 aromatic heterocycles. The standard InChI is InChI=1S/C9H13Si/c1-6-4-5-9(10)8(3)7(6)2/h4-5H,10H2,1-3H3. The van der Waals surface area contributed by atoms with Gasteiger partial charge < -0.3 is 0 Å². The third kappa shape index (κ3) is 1.14. The predicted molar refractivity (Wildman–Crippen MR) is 48.8 cm³/mol. The molecule has 0 spiro atoms. The van der Waals surface area contributed by atoms with Crippen LogP contribution >= 0.6 is 0 Å². The molecular weight excluding hydrogens is 136 g/mol. The third-order valence-corrected chi connectivity index (χ3v) is 2.94. The fourth-order valence-electron chi connectivity index (χ4n) is 1.01. The molecule has 0 nitrogen and oxygen atoms in total. The first-order valence-electron chi connectivity index (χ1n) is 3.51. The van der Waals surface area contributed by atoms with Gasteiger partial charge >= 0.3 is 0 Å². The van der Waals surface area contributed by atoms with E-state index in [-0.39, 0.29) is 0 Å². The summed E-state index contributed by atoms with van der Waals surface area (Å²) in [6, 6.07) is 4.38. The zero-order chi connectivity index (χ0) is 7.72. The molecule has 1 aromatic rings. The summed E-state index contributed by atoms with van der Waals surface area (Å²) in [7, 11) is 1.96. The van der Waals surface area contributed by atoms with Gasteiger partial charge in [0, 0.05) is 10.2 Å². The van der Waals surface area contributed by atoms with Crippen LogP contribution in [0.15, 0.2) is 12.1 Å². The van der Waals surface area contributed by atoms with Gasteiger partial charge in [-0.15, -0.1) is 0 Å². The van der Waals surface area contributed by atoms with E-state index in [9.17, 15) is 0 Å². The van der Waals surface area contributed by atoms with Crippen LogP contribution in [-0.4, -0.2) is 10.2 Å². The number of hydrogen-bond acceptors (Lipinski definition) is 0. The van der Waals surface area contributed by atoms with Gasteiger partial charge in [0.2, 0.25) is 0 Å². The third-order valence-electron chi connectivity index (χ3n) is 2.17. The maximum atomic E-state index is 2.19. The summed E-state index contributed by atoms with van der Waals surface area (Å²) in [5, 5.41) is 1.42. The molecule has 10 heavy (non-hydrogen) atoms. The second kappa shape index (κ2) is 2.58. The highest BCUT2D eigenvalue weighted by atomic mass is 28.1. The van der Waals surface area contributed by atoms with Gasteiger partial charge in [-0.3, -0.25) is 0 Å². The zero-order valence-electron chi connectivity index (χ0n) is 6.86. The van der Waals surface area contributed by atoms with Crippen LogP contribution in [0.4, 0.5) is 0 Å². The molecule has 0 amide bonds. The van der Waals surface area contributed by atoms with Crippen molar-refractivity contribution >= 4 is 15.4 Å². The van der Waals surface area contributed by atoms with Crippen LogP contribution in [0.5, 0.6) is 0 Å². The Labute approximate surface area is 65.7 Å². The van der Waals surface area contributed by atoms with Crippen molar-refractivity contribution in [3.63, 3.8) is 0 Å². The molecule has 1 heteroatoms. The highest BCUT2D eigenvalue weighted by molar-refractivity contribution is 6.33. The average Bonchev–Trinajstić information content (AvgIpc) is 1.93. The lowest BCUT2D eigenvalue weighted by Crippen LogP contribution is -2.08. The van der Waals surface area contributed by atoms with Gasteiger partial charge in [-0.2, -0.15) is 0 Å². The molecule has 1 aromatic carbocycles. The first-order valence-corrected chi connectivity index (χ1v) is 4.22. The van der Waals surface area contributed by atoms with E-state index in [4.69, 9.17) is 0 Å². The Morgan fingerprint density at radius 3 is 2.10 bits per heavy atom. The summed E-state index contributed by atoms with van der Waals surface area (Å²) in [5.74, 6) is 0. The van der Waals surface area contributed by atoms with E-state index >= 15 is 0 Å². The summed E-state index contributed by atoms with van der Waals surface area (Å²) in [6.07, 6.45) is 0. The van der Waals surface area contributed by atoms with E-state index in [0.29, 0.717) is 0 Å². The van der Waals surface area contributed by atoms with Gasteiger partial charge in [-0.25, -0.2) is 0 Å². The van der Waals surface area contributed by atoms with Crippen molar-refractivity contribution in [2.75, 3.05) is 0 Å². The van der Waals surface area contributed by atoms with Crippen molar-refractivity contribution in [2.45, 2.75) is 20.8 Å². The Morgan fingerprint density at radius 2 is 1.60 bits per heavy atom. The molecule has 1 rings (SSSR count). The summed E-state index contributed by atoms with van der Waals surface area (Å²) >= 11 is 0. The van der Waals surface area contributed by atoms with Gasteiger partial charge in [0.15, 0.2) is 0 Å². The molecule has 0 aliphatic heterocycles. The Balaban J connectivity index is 3.34. The van der Waals surface area contributed by atoms with Crippen molar-refractivity contribution in [1.82, 2.24) is 0 Å². The smallest absolute Gasteiger partial charge is 0.0480 e. The molecule has 0 saturated heterocycles. The van der Waals surface area contributed by atoms with E-state index in [1.165, 1.54) is 21.9 Å². The average molecular weight is 149 g/mol. The lowest BCUT2D eigenvalue weighted by atomic mass is 10.1. The molecule has 1 radical (unpaired) electrons. The van der Waals surface area contributed by atoms with E-state index in [2.05, 4.69) is 32.9 Å². The molecule has 0 aliphatic rings. The normalized spacial score (nSPS) is 10.0. The summed E-state index contributed by atoms with van der Waals surface area (Å²) in [4.78, 5) is 0. The SMILES string of the molecule is Cc1ccc([SiH2])c(C)c1C. The fraction of sp³-hybridized carbons (Fsp3) is 0.333. The van der Waals surface area contributed by atoms with Gasteiger partial charge in [0.1, 0.15) is 0 Å². The molecule has 0 aliphatic carbocycles. The van der Waals surface area contributed by atoms with E-state index in [1.807, 2.05) is 10.2 Å². The minimum atomic E-state index is 1.40. The topological polar surface area (TPSA) is 0 Å². The number of hydrogen-bond donors (Lipinski definition) is 0. The maximum absolute atomic E-state index is 2.19. The maximum Gasteiger partial charge on any atom is 0.0480 e. The van der Waals surface area contributed by atoms with Crippen LogP contribution in [0, 0.1) is 20.8 Å². The van der Waals surface area contributed by atoms with Crippen LogP contribution in [-0.2, 0) is 0 Å². The van der Waals surface area contributed by atoms with Crippen molar-refractivity contribution in [2.24, 2.45) is 0 Å². The van der Waals surface area contributed by atoms with E-state index < -0.39 is 0 Å². The molecule has 0 heterocycles. The van der Waals surface area contributed by atoms with Crippen LogP contribution < -0.4 is 5.19 Å². The second-order valence-electron chi connectivity index (χ2n) is 2.79. The Morgan fingerprint density at radius 1 is 1.00 bits per heavy atom.